The van der Waals surface area contributed by atoms with Gasteiger partial charge in [0.1, 0.15) is 6.61 Å². The number of carbonyl (C=O) groups excluding carboxylic acids is 1. The average molecular weight is 198 g/mol. The maximum atomic E-state index is 11.0. The van der Waals surface area contributed by atoms with Gasteiger partial charge in [-0.1, -0.05) is 25.7 Å². The van der Waals surface area contributed by atoms with Crippen LogP contribution in [0.15, 0.2) is 0 Å². The molecule has 0 saturated carbocycles. The molecule has 0 aliphatic heterocycles. The molecule has 14 heavy (non-hydrogen) atoms. The Labute approximate surface area is 85.8 Å². The summed E-state index contributed by atoms with van der Waals surface area (Å²) in [4.78, 5) is 11.0. The van der Waals surface area contributed by atoms with Gasteiger partial charge in [-0.25, -0.2) is 0 Å². The van der Waals surface area contributed by atoms with E-state index in [0.717, 1.165) is 0 Å². The number of hydrogen-bond acceptors (Lipinski definition) is 3. The first-order chi connectivity index (χ1) is 6.54. The first-order valence-electron chi connectivity index (χ1n) is 4.78. The highest BCUT2D eigenvalue weighted by molar-refractivity contribution is 5.71. The number of rotatable bonds is 4. The van der Waals surface area contributed by atoms with Gasteiger partial charge in [0.05, 0.1) is 12.0 Å². The molecule has 0 aromatic heterocycles. The van der Waals surface area contributed by atoms with Crippen LogP contribution < -0.4 is 0 Å². The summed E-state index contributed by atoms with van der Waals surface area (Å²) in [5, 5.41) is 0. The van der Waals surface area contributed by atoms with Crippen molar-refractivity contribution in [2.45, 2.75) is 33.8 Å². The maximum Gasteiger partial charge on any atom is 0.309 e. The van der Waals surface area contributed by atoms with Crippen LogP contribution in [0.3, 0.4) is 0 Å². The van der Waals surface area contributed by atoms with Gasteiger partial charge in [0.15, 0.2) is 6.61 Å². The molecule has 0 rings (SSSR count). The Morgan fingerprint density at radius 1 is 1.14 bits per heavy atom. The summed E-state index contributed by atoms with van der Waals surface area (Å²) in [6, 6.07) is 0. The van der Waals surface area contributed by atoms with E-state index in [-0.39, 0.29) is 24.6 Å². The average Bonchev–Trinajstić information content (AvgIpc) is 2.09. The van der Waals surface area contributed by atoms with E-state index in [4.69, 9.17) is 9.47 Å². The van der Waals surface area contributed by atoms with Crippen molar-refractivity contribution < 1.29 is 14.3 Å². The lowest BCUT2D eigenvalue weighted by molar-refractivity contribution is -0.145. The van der Waals surface area contributed by atoms with Gasteiger partial charge in [-0.05, 0) is 13.8 Å². The second-order valence-corrected chi connectivity index (χ2v) is 3.48. The maximum absolute atomic E-state index is 11.0. The van der Waals surface area contributed by atoms with Crippen LogP contribution in [-0.4, -0.2) is 25.3 Å². The Morgan fingerprint density at radius 3 is 2.21 bits per heavy atom. The Bertz CT molecular complexity index is 220. The number of ether oxygens (including phenoxy) is 2. The molecule has 0 fully saturated rings. The van der Waals surface area contributed by atoms with E-state index in [0.29, 0.717) is 6.61 Å². The van der Waals surface area contributed by atoms with E-state index in [9.17, 15) is 4.79 Å². The lowest BCUT2D eigenvalue weighted by Crippen LogP contribution is -2.11. The molecule has 0 aromatic rings. The van der Waals surface area contributed by atoms with E-state index in [1.54, 1.807) is 13.8 Å². The van der Waals surface area contributed by atoms with Crippen molar-refractivity contribution in [3.63, 3.8) is 0 Å². The number of carbonyl (C=O) groups is 1. The van der Waals surface area contributed by atoms with Gasteiger partial charge in [0, 0.05) is 0 Å². The van der Waals surface area contributed by atoms with Crippen molar-refractivity contribution in [3.8, 4) is 11.8 Å². The third-order valence-electron chi connectivity index (χ3n) is 1.37. The predicted molar refractivity (Wildman–Crippen MR) is 54.7 cm³/mol. The van der Waals surface area contributed by atoms with Crippen molar-refractivity contribution in [3.05, 3.63) is 0 Å². The van der Waals surface area contributed by atoms with Crippen molar-refractivity contribution in [1.82, 2.24) is 0 Å². The molecule has 80 valence electrons. The SMILES string of the molecule is CC(C)OCC#CCOC(=O)C(C)C. The highest BCUT2D eigenvalue weighted by Crippen LogP contribution is 1.94. The zero-order valence-electron chi connectivity index (χ0n) is 9.29. The first-order valence-corrected chi connectivity index (χ1v) is 4.78. The molecule has 0 heterocycles. The van der Waals surface area contributed by atoms with E-state index >= 15 is 0 Å². The van der Waals surface area contributed by atoms with Gasteiger partial charge in [-0.3, -0.25) is 4.79 Å². The second-order valence-electron chi connectivity index (χ2n) is 3.48. The third kappa shape index (κ3) is 7.63. The van der Waals surface area contributed by atoms with Crippen molar-refractivity contribution >= 4 is 5.97 Å². The number of esters is 1. The third-order valence-corrected chi connectivity index (χ3v) is 1.37. The van der Waals surface area contributed by atoms with Crippen LogP contribution in [0, 0.1) is 17.8 Å². The molecule has 3 nitrogen and oxygen atoms in total. The Balaban J connectivity index is 3.48. The van der Waals surface area contributed by atoms with Crippen LogP contribution in [-0.2, 0) is 14.3 Å². The largest absolute Gasteiger partial charge is 0.452 e. The zero-order chi connectivity index (χ0) is 11.0. The minimum atomic E-state index is -0.218. The van der Waals surface area contributed by atoms with Crippen molar-refractivity contribution in [2.75, 3.05) is 13.2 Å². The van der Waals surface area contributed by atoms with Crippen LogP contribution >= 0.6 is 0 Å². The van der Waals surface area contributed by atoms with Crippen molar-refractivity contribution in [1.29, 1.82) is 0 Å². The van der Waals surface area contributed by atoms with Crippen LogP contribution in [0.1, 0.15) is 27.7 Å². The zero-order valence-corrected chi connectivity index (χ0v) is 9.29. The molecule has 0 atom stereocenters. The smallest absolute Gasteiger partial charge is 0.309 e. The Kier molecular flexibility index (Phi) is 6.87. The van der Waals surface area contributed by atoms with E-state index in [2.05, 4.69) is 11.8 Å². The second kappa shape index (κ2) is 7.40. The summed E-state index contributed by atoms with van der Waals surface area (Å²) in [7, 11) is 0. The molecule has 0 bridgehead atoms. The molecule has 0 aliphatic rings. The topological polar surface area (TPSA) is 35.5 Å². The quantitative estimate of drug-likeness (QED) is 0.508. The van der Waals surface area contributed by atoms with Gasteiger partial charge in [-0.15, -0.1) is 0 Å². The normalized spacial score (nSPS) is 9.86. The van der Waals surface area contributed by atoms with Gasteiger partial charge >= 0.3 is 5.97 Å². The minimum Gasteiger partial charge on any atom is -0.452 e. The first kappa shape index (κ1) is 13.0. The fourth-order valence-electron chi connectivity index (χ4n) is 0.584. The van der Waals surface area contributed by atoms with Gasteiger partial charge in [0.2, 0.25) is 0 Å². The molecule has 0 saturated heterocycles. The van der Waals surface area contributed by atoms with Gasteiger partial charge < -0.3 is 9.47 Å². The Morgan fingerprint density at radius 2 is 1.71 bits per heavy atom. The van der Waals surface area contributed by atoms with Crippen LogP contribution in [0.5, 0.6) is 0 Å². The van der Waals surface area contributed by atoms with Gasteiger partial charge in [0.25, 0.3) is 0 Å². The summed E-state index contributed by atoms with van der Waals surface area (Å²) in [5.41, 5.74) is 0. The molecule has 3 heteroatoms. The molecule has 0 N–H and O–H groups in total. The molecule has 0 spiro atoms. The minimum absolute atomic E-state index is 0.0938. The highest BCUT2D eigenvalue weighted by Gasteiger charge is 2.05. The van der Waals surface area contributed by atoms with E-state index in [1.807, 2.05) is 13.8 Å². The van der Waals surface area contributed by atoms with E-state index < -0.39 is 0 Å². The summed E-state index contributed by atoms with van der Waals surface area (Å²) in [6.07, 6.45) is 0.183. The molecule has 0 radical (unpaired) electrons. The molecule has 0 amide bonds. The summed E-state index contributed by atoms with van der Waals surface area (Å²) >= 11 is 0. The summed E-state index contributed by atoms with van der Waals surface area (Å²) in [5.74, 6) is 5.16. The van der Waals surface area contributed by atoms with Crippen molar-refractivity contribution in [2.24, 2.45) is 5.92 Å². The highest BCUT2D eigenvalue weighted by atomic mass is 16.5. The predicted octanol–water partition coefficient (Wildman–Crippen LogP) is 1.61. The standard InChI is InChI=1S/C11H18O3/c1-9(2)11(12)14-8-6-5-7-13-10(3)4/h9-10H,7-8H2,1-4H3. The van der Waals surface area contributed by atoms with E-state index in [1.165, 1.54) is 0 Å². The summed E-state index contributed by atoms with van der Waals surface area (Å²) in [6.45, 7) is 8.01. The Hall–Kier alpha value is -1.01. The lowest BCUT2D eigenvalue weighted by Gasteiger charge is -2.02. The van der Waals surface area contributed by atoms with Crippen LogP contribution in [0.25, 0.3) is 0 Å². The van der Waals surface area contributed by atoms with Crippen LogP contribution in [0.4, 0.5) is 0 Å². The monoisotopic (exact) mass is 198 g/mol. The van der Waals surface area contributed by atoms with Crippen LogP contribution in [0.2, 0.25) is 0 Å². The fourth-order valence-corrected chi connectivity index (χ4v) is 0.584. The lowest BCUT2D eigenvalue weighted by atomic mass is 10.2. The number of hydrogen-bond donors (Lipinski definition) is 0. The molecule has 0 unspecified atom stereocenters. The molecular formula is C11H18O3. The van der Waals surface area contributed by atoms with Gasteiger partial charge in [-0.2, -0.15) is 0 Å². The fraction of sp³-hybridized carbons (Fsp3) is 0.727. The summed E-state index contributed by atoms with van der Waals surface area (Å²) < 4.78 is 10.0. The molecular weight excluding hydrogens is 180 g/mol. The molecule has 0 aliphatic carbocycles. The molecule has 0 aromatic carbocycles.